The summed E-state index contributed by atoms with van der Waals surface area (Å²) >= 11 is 3.43. The number of hydrogen-bond donors (Lipinski definition) is 0. The Morgan fingerprint density at radius 1 is 0.696 bits per heavy atom. The summed E-state index contributed by atoms with van der Waals surface area (Å²) in [5, 5.41) is 1.69. The van der Waals surface area contributed by atoms with Crippen LogP contribution in [0.2, 0.25) is 0 Å². The Balaban J connectivity index is 2.06. The lowest BCUT2D eigenvalue weighted by atomic mass is 10.2. The zero-order valence-electron chi connectivity index (χ0n) is 12.5. The lowest BCUT2D eigenvalue weighted by molar-refractivity contribution is 0.592. The first kappa shape index (κ1) is 16.0. The van der Waals surface area contributed by atoms with Gasteiger partial charge in [-0.1, -0.05) is 94.8 Å². The Bertz CT molecular complexity index is 796. The van der Waals surface area contributed by atoms with Gasteiger partial charge in [0, 0.05) is 15.1 Å². The van der Waals surface area contributed by atoms with Crippen molar-refractivity contribution in [2.45, 2.75) is 0 Å². The smallest absolute Gasteiger partial charge is 0.164 e. The first-order valence-electron chi connectivity index (χ1n) is 7.34. The maximum Gasteiger partial charge on any atom is 0.164 e. The molecule has 0 aliphatic heterocycles. The van der Waals surface area contributed by atoms with Crippen molar-refractivity contribution in [2.24, 2.45) is 0 Å². The van der Waals surface area contributed by atoms with Crippen molar-refractivity contribution < 1.29 is 4.57 Å². The van der Waals surface area contributed by atoms with Gasteiger partial charge in [-0.15, -0.1) is 0 Å². The topological polar surface area (TPSA) is 17.1 Å². The molecule has 0 heterocycles. The molecule has 23 heavy (non-hydrogen) atoms. The Labute approximate surface area is 145 Å². The lowest BCUT2D eigenvalue weighted by Gasteiger charge is -2.15. The summed E-state index contributed by atoms with van der Waals surface area (Å²) in [5.41, 5.74) is 1.03. The van der Waals surface area contributed by atoms with Crippen LogP contribution < -0.4 is 10.6 Å². The summed E-state index contributed by atoms with van der Waals surface area (Å²) in [5.74, 6) is 1.85. The van der Waals surface area contributed by atoms with Gasteiger partial charge in [0.05, 0.1) is 0 Å². The third-order valence-corrected chi connectivity index (χ3v) is 6.85. The SMILES string of the molecule is O=P(/C=C/c1ccc(Br)cc1)(c1ccccc1)c1ccccc1. The number of benzene rings is 3. The average molecular weight is 383 g/mol. The van der Waals surface area contributed by atoms with Crippen LogP contribution in [-0.2, 0) is 4.57 Å². The van der Waals surface area contributed by atoms with Gasteiger partial charge in [-0.3, -0.25) is 0 Å². The van der Waals surface area contributed by atoms with Crippen molar-refractivity contribution in [2.75, 3.05) is 0 Å². The minimum absolute atomic E-state index is 0.847. The highest BCUT2D eigenvalue weighted by Crippen LogP contribution is 2.45. The first-order chi connectivity index (χ1) is 11.2. The molecule has 0 aliphatic rings. The van der Waals surface area contributed by atoms with Gasteiger partial charge in [-0.2, -0.15) is 0 Å². The Morgan fingerprint density at radius 3 is 1.65 bits per heavy atom. The van der Waals surface area contributed by atoms with Crippen molar-refractivity contribution in [3.63, 3.8) is 0 Å². The molecule has 0 bridgehead atoms. The zero-order chi connectivity index (χ0) is 16.1. The molecule has 0 unspecified atom stereocenters. The second kappa shape index (κ2) is 7.12. The first-order valence-corrected chi connectivity index (χ1v) is 9.91. The van der Waals surface area contributed by atoms with Crippen molar-refractivity contribution in [1.82, 2.24) is 0 Å². The van der Waals surface area contributed by atoms with E-state index in [1.54, 1.807) is 0 Å². The van der Waals surface area contributed by atoms with Crippen LogP contribution in [-0.4, -0.2) is 0 Å². The summed E-state index contributed by atoms with van der Waals surface area (Å²) in [6, 6.07) is 27.3. The van der Waals surface area contributed by atoms with Crippen LogP contribution in [0.15, 0.2) is 95.2 Å². The molecule has 1 nitrogen and oxygen atoms in total. The molecule has 0 amide bonds. The lowest BCUT2D eigenvalue weighted by Crippen LogP contribution is -2.13. The zero-order valence-corrected chi connectivity index (χ0v) is 15.0. The fraction of sp³-hybridized carbons (Fsp3) is 0. The van der Waals surface area contributed by atoms with Gasteiger partial charge in [0.25, 0.3) is 0 Å². The standard InChI is InChI=1S/C20H16BrOP/c21-18-13-11-17(12-14-18)15-16-23(22,19-7-3-1-4-8-19)20-9-5-2-6-10-20/h1-16H/b16-15+. The predicted molar refractivity (Wildman–Crippen MR) is 103 cm³/mol. The fourth-order valence-corrected chi connectivity index (χ4v) is 4.90. The van der Waals surface area contributed by atoms with Crippen molar-refractivity contribution in [3.8, 4) is 0 Å². The molecular weight excluding hydrogens is 367 g/mol. The van der Waals surface area contributed by atoms with E-state index in [0.717, 1.165) is 20.6 Å². The Kier molecular flexibility index (Phi) is 4.95. The third kappa shape index (κ3) is 3.72. The van der Waals surface area contributed by atoms with Gasteiger partial charge >= 0.3 is 0 Å². The summed E-state index contributed by atoms with van der Waals surface area (Å²) < 4.78 is 14.8. The summed E-state index contributed by atoms with van der Waals surface area (Å²) in [4.78, 5) is 0. The van der Waals surface area contributed by atoms with Crippen LogP contribution in [0.3, 0.4) is 0 Å². The maximum absolute atomic E-state index is 13.8. The molecule has 0 spiro atoms. The van der Waals surface area contributed by atoms with E-state index in [2.05, 4.69) is 15.9 Å². The number of hydrogen-bond acceptors (Lipinski definition) is 1. The molecule has 0 aromatic heterocycles. The highest BCUT2D eigenvalue weighted by molar-refractivity contribution is 9.10. The summed E-state index contributed by atoms with van der Waals surface area (Å²) in [6.45, 7) is 0. The molecule has 0 fully saturated rings. The van der Waals surface area contributed by atoms with E-state index in [-0.39, 0.29) is 0 Å². The van der Waals surface area contributed by atoms with E-state index in [1.165, 1.54) is 0 Å². The largest absolute Gasteiger partial charge is 0.309 e. The minimum Gasteiger partial charge on any atom is -0.309 e. The van der Waals surface area contributed by atoms with Gasteiger partial charge < -0.3 is 4.57 Å². The molecule has 3 aromatic rings. The Morgan fingerprint density at radius 2 is 1.17 bits per heavy atom. The molecule has 3 heteroatoms. The molecule has 0 saturated carbocycles. The second-order valence-electron chi connectivity index (χ2n) is 5.20. The van der Waals surface area contributed by atoms with Gasteiger partial charge in [-0.25, -0.2) is 0 Å². The van der Waals surface area contributed by atoms with E-state index in [0.29, 0.717) is 0 Å². The van der Waals surface area contributed by atoms with Crippen LogP contribution >= 0.6 is 23.1 Å². The predicted octanol–water partition coefficient (Wildman–Crippen LogP) is 5.43. The normalized spacial score (nSPS) is 11.7. The van der Waals surface area contributed by atoms with Gasteiger partial charge in [-0.05, 0) is 23.5 Å². The van der Waals surface area contributed by atoms with Crippen LogP contribution in [0, 0.1) is 0 Å². The average Bonchev–Trinajstić information content (AvgIpc) is 2.62. The van der Waals surface area contributed by atoms with E-state index in [1.807, 2.05) is 96.8 Å². The molecule has 0 radical (unpaired) electrons. The van der Waals surface area contributed by atoms with E-state index in [9.17, 15) is 4.57 Å². The summed E-state index contributed by atoms with van der Waals surface area (Å²) in [7, 11) is -2.79. The molecular formula is C20H16BrOP. The molecule has 0 saturated heterocycles. The van der Waals surface area contributed by atoms with E-state index < -0.39 is 7.14 Å². The van der Waals surface area contributed by atoms with Crippen molar-refractivity contribution >= 4 is 39.8 Å². The highest BCUT2D eigenvalue weighted by atomic mass is 79.9. The van der Waals surface area contributed by atoms with Crippen LogP contribution in [0.4, 0.5) is 0 Å². The van der Waals surface area contributed by atoms with Gasteiger partial charge in [0.1, 0.15) is 0 Å². The van der Waals surface area contributed by atoms with Crippen molar-refractivity contribution in [1.29, 1.82) is 0 Å². The van der Waals surface area contributed by atoms with Crippen LogP contribution in [0.5, 0.6) is 0 Å². The summed E-state index contributed by atoms with van der Waals surface area (Å²) in [6.07, 6.45) is 1.94. The monoisotopic (exact) mass is 382 g/mol. The number of halogens is 1. The van der Waals surface area contributed by atoms with E-state index >= 15 is 0 Å². The fourth-order valence-electron chi connectivity index (χ4n) is 2.39. The molecule has 3 rings (SSSR count). The molecule has 3 aromatic carbocycles. The van der Waals surface area contributed by atoms with Gasteiger partial charge in [0.15, 0.2) is 7.14 Å². The number of rotatable bonds is 4. The van der Waals surface area contributed by atoms with Crippen LogP contribution in [0.25, 0.3) is 6.08 Å². The molecule has 0 aliphatic carbocycles. The Hall–Kier alpha value is -1.89. The molecule has 0 atom stereocenters. The molecule has 0 N–H and O–H groups in total. The maximum atomic E-state index is 13.8. The third-order valence-electron chi connectivity index (χ3n) is 3.63. The minimum atomic E-state index is -2.79. The van der Waals surface area contributed by atoms with Gasteiger partial charge in [0.2, 0.25) is 0 Å². The quantitative estimate of drug-likeness (QED) is 0.549. The van der Waals surface area contributed by atoms with E-state index in [4.69, 9.17) is 0 Å². The van der Waals surface area contributed by atoms with Crippen LogP contribution in [0.1, 0.15) is 5.56 Å². The molecule has 114 valence electrons. The second-order valence-corrected chi connectivity index (χ2v) is 8.76. The highest BCUT2D eigenvalue weighted by Gasteiger charge is 2.23. The van der Waals surface area contributed by atoms with Crippen molar-refractivity contribution in [3.05, 3.63) is 101 Å².